The second kappa shape index (κ2) is 4.45. The molecule has 0 fully saturated rings. The summed E-state index contributed by atoms with van der Waals surface area (Å²) in [7, 11) is 1.73. The van der Waals surface area contributed by atoms with Crippen molar-refractivity contribution in [2.24, 2.45) is 9.98 Å². The quantitative estimate of drug-likeness (QED) is 0.608. The van der Waals surface area contributed by atoms with Gasteiger partial charge < -0.3 is 0 Å². The van der Waals surface area contributed by atoms with Crippen molar-refractivity contribution in [2.45, 2.75) is 6.92 Å². The highest BCUT2D eigenvalue weighted by Gasteiger charge is 2.06. The third-order valence-electron chi connectivity index (χ3n) is 1.64. The zero-order chi connectivity index (χ0) is 9.84. The van der Waals surface area contributed by atoms with Crippen LogP contribution in [0.3, 0.4) is 0 Å². The molecule has 0 saturated heterocycles. The lowest BCUT2D eigenvalue weighted by Gasteiger charge is -2.04. The Hall–Kier alpha value is -0.780. The van der Waals surface area contributed by atoms with Crippen LogP contribution in [-0.4, -0.2) is 25.0 Å². The molecule has 1 aromatic rings. The summed E-state index contributed by atoms with van der Waals surface area (Å²) >= 11 is 2.24. The second-order valence-corrected chi connectivity index (χ2v) is 3.58. The first-order chi connectivity index (χ1) is 6.20. The van der Waals surface area contributed by atoms with Crippen LogP contribution >= 0.6 is 22.6 Å². The Balaban J connectivity index is 3.40. The highest BCUT2D eigenvalue weighted by Crippen LogP contribution is 2.23. The molecule has 0 aliphatic rings. The molecule has 0 aliphatic heterocycles. The maximum atomic E-state index is 4.19. The third-order valence-corrected chi connectivity index (χ3v) is 3.00. The van der Waals surface area contributed by atoms with Crippen LogP contribution in [0.5, 0.6) is 0 Å². The van der Waals surface area contributed by atoms with E-state index in [0.29, 0.717) is 0 Å². The summed E-state index contributed by atoms with van der Waals surface area (Å²) in [5.41, 5.74) is 2.76. The number of rotatable bonds is 2. The molecular formula is C9H10IN3. The summed E-state index contributed by atoms with van der Waals surface area (Å²) < 4.78 is 1.08. The van der Waals surface area contributed by atoms with Gasteiger partial charge in [-0.05, 0) is 36.2 Å². The van der Waals surface area contributed by atoms with Crippen LogP contribution in [-0.2, 0) is 0 Å². The Kier molecular flexibility index (Phi) is 3.53. The van der Waals surface area contributed by atoms with Crippen LogP contribution in [0.1, 0.15) is 11.3 Å². The van der Waals surface area contributed by atoms with Crippen molar-refractivity contribution in [1.82, 2.24) is 4.98 Å². The number of halogens is 1. The van der Waals surface area contributed by atoms with Gasteiger partial charge in [-0.25, -0.2) is 0 Å². The van der Waals surface area contributed by atoms with Gasteiger partial charge in [0.25, 0.3) is 0 Å². The molecule has 1 rings (SSSR count). The number of nitrogens with zero attached hydrogens (tertiary/aromatic N) is 3. The van der Waals surface area contributed by atoms with Crippen molar-refractivity contribution < 1.29 is 0 Å². The first kappa shape index (κ1) is 10.3. The monoisotopic (exact) mass is 287 g/mol. The molecule has 0 bridgehead atoms. The first-order valence-electron chi connectivity index (χ1n) is 3.74. The predicted octanol–water partition coefficient (Wildman–Crippen LogP) is 2.38. The number of pyridine rings is 1. The molecular weight excluding hydrogens is 277 g/mol. The van der Waals surface area contributed by atoms with E-state index in [2.05, 4.69) is 44.3 Å². The van der Waals surface area contributed by atoms with E-state index in [-0.39, 0.29) is 0 Å². The number of hydrogen-bond donors (Lipinski definition) is 0. The van der Waals surface area contributed by atoms with E-state index in [1.165, 1.54) is 0 Å². The van der Waals surface area contributed by atoms with Crippen molar-refractivity contribution in [2.75, 3.05) is 7.05 Å². The topological polar surface area (TPSA) is 37.6 Å². The fourth-order valence-corrected chi connectivity index (χ4v) is 1.52. The SMILES string of the molecule is C=Nc1cnc(C)c(I)c1/C=N\C. The largest absolute Gasteiger partial charge is 0.296 e. The van der Waals surface area contributed by atoms with E-state index in [4.69, 9.17) is 0 Å². The smallest absolute Gasteiger partial charge is 0.0904 e. The van der Waals surface area contributed by atoms with Crippen molar-refractivity contribution in [3.8, 4) is 0 Å². The summed E-state index contributed by atoms with van der Waals surface area (Å²) in [5, 5.41) is 0. The predicted molar refractivity (Wildman–Crippen MR) is 64.4 cm³/mol. The van der Waals surface area contributed by atoms with Crippen molar-refractivity contribution in [3.05, 3.63) is 21.0 Å². The Morgan fingerprint density at radius 2 is 2.31 bits per heavy atom. The average Bonchev–Trinajstić information content (AvgIpc) is 2.14. The van der Waals surface area contributed by atoms with Crippen molar-refractivity contribution in [3.63, 3.8) is 0 Å². The summed E-state index contributed by atoms with van der Waals surface area (Å²) in [5.74, 6) is 0. The minimum atomic E-state index is 0.778. The first-order valence-corrected chi connectivity index (χ1v) is 4.82. The number of aliphatic imine (C=N–C) groups is 2. The van der Waals surface area contributed by atoms with E-state index in [0.717, 1.165) is 20.5 Å². The summed E-state index contributed by atoms with van der Waals surface area (Å²) in [4.78, 5) is 12.0. The average molecular weight is 287 g/mol. The Bertz CT molecular complexity index is 358. The van der Waals surface area contributed by atoms with Crippen LogP contribution in [0, 0.1) is 10.5 Å². The van der Waals surface area contributed by atoms with Gasteiger partial charge in [-0.3, -0.25) is 15.0 Å². The summed E-state index contributed by atoms with van der Waals surface area (Å²) in [6.07, 6.45) is 3.49. The lowest BCUT2D eigenvalue weighted by Crippen LogP contribution is -1.94. The van der Waals surface area contributed by atoms with Crippen LogP contribution < -0.4 is 0 Å². The molecule has 1 heterocycles. The molecule has 4 heteroatoms. The van der Waals surface area contributed by atoms with Crippen LogP contribution in [0.25, 0.3) is 0 Å². The molecule has 0 saturated carbocycles. The summed E-state index contributed by atoms with van der Waals surface area (Å²) in [6, 6.07) is 0. The van der Waals surface area contributed by atoms with E-state index < -0.39 is 0 Å². The number of aryl methyl sites for hydroxylation is 1. The standard InChI is InChI=1S/C9H10IN3/c1-6-9(10)7(4-11-2)8(12-3)5-13-6/h4-5H,3H2,1-2H3/b11-4-. The lowest BCUT2D eigenvalue weighted by atomic mass is 10.2. The van der Waals surface area contributed by atoms with Crippen LogP contribution in [0.15, 0.2) is 16.2 Å². The van der Waals surface area contributed by atoms with Gasteiger partial charge in [0.1, 0.15) is 0 Å². The molecule has 3 nitrogen and oxygen atoms in total. The lowest BCUT2D eigenvalue weighted by molar-refractivity contribution is 1.17. The van der Waals surface area contributed by atoms with Crippen LogP contribution in [0.4, 0.5) is 5.69 Å². The molecule has 0 unspecified atom stereocenters. The second-order valence-electron chi connectivity index (χ2n) is 2.50. The van der Waals surface area contributed by atoms with E-state index in [1.54, 1.807) is 19.5 Å². The maximum Gasteiger partial charge on any atom is 0.0904 e. The van der Waals surface area contributed by atoms with E-state index in [9.17, 15) is 0 Å². The maximum absolute atomic E-state index is 4.19. The van der Waals surface area contributed by atoms with Gasteiger partial charge in [0.2, 0.25) is 0 Å². The van der Waals surface area contributed by atoms with Gasteiger partial charge in [-0.2, -0.15) is 0 Å². The van der Waals surface area contributed by atoms with Crippen LogP contribution in [0.2, 0.25) is 0 Å². The van der Waals surface area contributed by atoms with Gasteiger partial charge in [0.05, 0.1) is 17.6 Å². The van der Waals surface area contributed by atoms with Crippen molar-refractivity contribution in [1.29, 1.82) is 0 Å². The number of hydrogen-bond acceptors (Lipinski definition) is 3. The van der Waals surface area contributed by atoms with Crippen molar-refractivity contribution >= 4 is 41.2 Å². The molecule has 68 valence electrons. The zero-order valence-electron chi connectivity index (χ0n) is 7.58. The molecule has 0 radical (unpaired) electrons. The molecule has 1 aromatic heterocycles. The summed E-state index contributed by atoms with van der Waals surface area (Å²) in [6.45, 7) is 5.45. The zero-order valence-corrected chi connectivity index (χ0v) is 9.74. The molecule has 13 heavy (non-hydrogen) atoms. The van der Waals surface area contributed by atoms with Gasteiger partial charge in [0.15, 0.2) is 0 Å². The molecule has 0 aliphatic carbocycles. The fourth-order valence-electron chi connectivity index (χ4n) is 0.969. The Labute approximate surface area is 91.2 Å². The third kappa shape index (κ3) is 2.12. The molecule has 0 spiro atoms. The molecule has 0 N–H and O–H groups in total. The normalized spacial score (nSPS) is 10.7. The highest BCUT2D eigenvalue weighted by molar-refractivity contribution is 14.1. The van der Waals surface area contributed by atoms with Gasteiger partial charge in [0, 0.05) is 22.4 Å². The minimum Gasteiger partial charge on any atom is -0.296 e. The molecule has 0 atom stereocenters. The molecule has 0 amide bonds. The van der Waals surface area contributed by atoms with Gasteiger partial charge in [-0.1, -0.05) is 0 Å². The highest BCUT2D eigenvalue weighted by atomic mass is 127. The van der Waals surface area contributed by atoms with E-state index in [1.807, 2.05) is 6.92 Å². The number of aromatic nitrogens is 1. The van der Waals surface area contributed by atoms with Gasteiger partial charge in [-0.15, -0.1) is 0 Å². The Morgan fingerprint density at radius 1 is 1.62 bits per heavy atom. The van der Waals surface area contributed by atoms with Gasteiger partial charge >= 0.3 is 0 Å². The minimum absolute atomic E-state index is 0.778. The Morgan fingerprint density at radius 3 is 2.85 bits per heavy atom. The van der Waals surface area contributed by atoms with E-state index >= 15 is 0 Å². The molecule has 0 aromatic carbocycles. The fraction of sp³-hybridized carbons (Fsp3) is 0.222.